The van der Waals surface area contributed by atoms with Crippen molar-refractivity contribution in [3.8, 4) is 0 Å². The number of carbonyl (C=O) groups is 2. The summed E-state index contributed by atoms with van der Waals surface area (Å²) in [6.45, 7) is 0.255. The van der Waals surface area contributed by atoms with Crippen molar-refractivity contribution in [3.05, 3.63) is 39.5 Å². The lowest BCUT2D eigenvalue weighted by Gasteiger charge is -2.13. The number of carboxylic acids is 1. The summed E-state index contributed by atoms with van der Waals surface area (Å²) in [7, 11) is 0. The van der Waals surface area contributed by atoms with E-state index in [4.69, 9.17) is 28.9 Å². The molecule has 0 saturated carbocycles. The average Bonchev–Trinajstić information content (AvgIpc) is 2.69. The van der Waals surface area contributed by atoms with Crippen LogP contribution in [0.15, 0.2) is 23.1 Å². The largest absolute Gasteiger partial charge is 0.481 e. The van der Waals surface area contributed by atoms with E-state index in [1.54, 1.807) is 6.08 Å². The van der Waals surface area contributed by atoms with Crippen LogP contribution < -0.4 is 0 Å². The molecular formula is C14H11ClFNO3S2. The number of thiocarbonyl (C=S) groups is 1. The standard InChI is InChI=1S/C14H11ClFNO3S2/c15-10-7-9(16)4-3-8(10)6-11-13(20)17(14(21)22-11)5-1-2-12(18)19/h3-4,6-7H,1-2,5H2,(H,18,19)/b11-6-. The Morgan fingerprint density at radius 2 is 2.23 bits per heavy atom. The Kier molecular flexibility index (Phi) is 5.55. The summed E-state index contributed by atoms with van der Waals surface area (Å²) in [4.78, 5) is 24.5. The lowest BCUT2D eigenvalue weighted by Crippen LogP contribution is -2.29. The number of hydrogen-bond donors (Lipinski definition) is 1. The highest BCUT2D eigenvalue weighted by molar-refractivity contribution is 8.26. The van der Waals surface area contributed by atoms with E-state index in [1.165, 1.54) is 23.1 Å². The minimum absolute atomic E-state index is 0.0279. The fourth-order valence-electron chi connectivity index (χ4n) is 1.84. The van der Waals surface area contributed by atoms with Gasteiger partial charge in [0.15, 0.2) is 0 Å². The summed E-state index contributed by atoms with van der Waals surface area (Å²) in [5.74, 6) is -1.66. The number of amides is 1. The first-order valence-corrected chi connectivity index (χ1v) is 7.91. The number of aliphatic carboxylic acids is 1. The zero-order chi connectivity index (χ0) is 16.3. The Balaban J connectivity index is 2.13. The molecule has 2 rings (SSSR count). The molecule has 0 unspecified atom stereocenters. The number of nitrogens with zero attached hydrogens (tertiary/aromatic N) is 1. The maximum Gasteiger partial charge on any atom is 0.303 e. The van der Waals surface area contributed by atoms with Crippen molar-refractivity contribution in [1.29, 1.82) is 0 Å². The molecule has 0 aliphatic carbocycles. The molecule has 1 aliphatic heterocycles. The summed E-state index contributed by atoms with van der Waals surface area (Å²) < 4.78 is 13.4. The number of rotatable bonds is 5. The van der Waals surface area contributed by atoms with E-state index in [0.717, 1.165) is 11.8 Å². The zero-order valence-corrected chi connectivity index (χ0v) is 13.6. The van der Waals surface area contributed by atoms with Crippen LogP contribution in [0.1, 0.15) is 18.4 Å². The Morgan fingerprint density at radius 1 is 1.50 bits per heavy atom. The molecule has 1 N–H and O–H groups in total. The molecule has 0 radical (unpaired) electrons. The molecule has 116 valence electrons. The fraction of sp³-hybridized carbons (Fsp3) is 0.214. The molecule has 1 saturated heterocycles. The lowest BCUT2D eigenvalue weighted by atomic mass is 10.2. The Bertz CT molecular complexity index is 678. The van der Waals surface area contributed by atoms with Crippen LogP contribution in [0.2, 0.25) is 5.02 Å². The third-order valence-electron chi connectivity index (χ3n) is 2.90. The quantitative estimate of drug-likeness (QED) is 0.643. The van der Waals surface area contributed by atoms with Crippen LogP contribution >= 0.6 is 35.6 Å². The molecule has 1 amide bonds. The first-order valence-electron chi connectivity index (χ1n) is 6.30. The van der Waals surface area contributed by atoms with E-state index in [2.05, 4.69) is 0 Å². The van der Waals surface area contributed by atoms with Crippen LogP contribution in [0.4, 0.5) is 4.39 Å². The van der Waals surface area contributed by atoms with Gasteiger partial charge in [0.1, 0.15) is 10.1 Å². The molecule has 0 spiro atoms. The van der Waals surface area contributed by atoms with Gasteiger partial charge in [0.25, 0.3) is 5.91 Å². The average molecular weight is 360 g/mol. The van der Waals surface area contributed by atoms with Gasteiger partial charge >= 0.3 is 5.97 Å². The molecule has 4 nitrogen and oxygen atoms in total. The minimum atomic E-state index is -0.918. The monoisotopic (exact) mass is 359 g/mol. The van der Waals surface area contributed by atoms with Crippen molar-refractivity contribution in [2.45, 2.75) is 12.8 Å². The molecule has 1 aromatic rings. The third kappa shape index (κ3) is 4.06. The third-order valence-corrected chi connectivity index (χ3v) is 4.60. The van der Waals surface area contributed by atoms with Crippen LogP contribution in [0.5, 0.6) is 0 Å². The van der Waals surface area contributed by atoms with E-state index in [1.807, 2.05) is 0 Å². The van der Waals surface area contributed by atoms with Gasteiger partial charge in [-0.2, -0.15) is 0 Å². The molecule has 1 aromatic carbocycles. The SMILES string of the molecule is O=C(O)CCCN1C(=O)/C(=C/c2ccc(F)cc2Cl)SC1=S. The highest BCUT2D eigenvalue weighted by Gasteiger charge is 2.31. The van der Waals surface area contributed by atoms with Crippen LogP contribution in [0.3, 0.4) is 0 Å². The molecule has 8 heteroatoms. The lowest BCUT2D eigenvalue weighted by molar-refractivity contribution is -0.137. The smallest absolute Gasteiger partial charge is 0.303 e. The van der Waals surface area contributed by atoms with Gasteiger partial charge in [-0.05, 0) is 30.2 Å². The normalized spacial score (nSPS) is 16.6. The summed E-state index contributed by atoms with van der Waals surface area (Å²) in [6.07, 6.45) is 1.85. The molecule has 22 heavy (non-hydrogen) atoms. The van der Waals surface area contributed by atoms with Gasteiger partial charge in [-0.3, -0.25) is 14.5 Å². The summed E-state index contributed by atoms with van der Waals surface area (Å²) in [6, 6.07) is 3.90. The highest BCUT2D eigenvalue weighted by Crippen LogP contribution is 2.34. The van der Waals surface area contributed by atoms with Crippen LogP contribution in [-0.2, 0) is 9.59 Å². The molecule has 1 aliphatic rings. The topological polar surface area (TPSA) is 57.6 Å². The minimum Gasteiger partial charge on any atom is -0.481 e. The number of carboxylic acid groups (broad SMARTS) is 1. The Labute approximate surface area is 140 Å². The van der Waals surface area contributed by atoms with Gasteiger partial charge in [0, 0.05) is 13.0 Å². The van der Waals surface area contributed by atoms with Crippen molar-refractivity contribution < 1.29 is 19.1 Å². The predicted octanol–water partition coefficient (Wildman–Crippen LogP) is 3.55. The number of halogens is 2. The maximum atomic E-state index is 13.0. The van der Waals surface area contributed by atoms with Crippen molar-refractivity contribution in [1.82, 2.24) is 4.90 Å². The summed E-state index contributed by atoms with van der Waals surface area (Å²) in [5.41, 5.74) is 0.522. The van der Waals surface area contributed by atoms with Gasteiger partial charge in [0.2, 0.25) is 0 Å². The van der Waals surface area contributed by atoms with E-state index in [0.29, 0.717) is 21.2 Å². The molecule has 0 atom stereocenters. The number of hydrogen-bond acceptors (Lipinski definition) is 4. The number of carbonyl (C=O) groups excluding carboxylic acids is 1. The Morgan fingerprint density at radius 3 is 2.86 bits per heavy atom. The van der Waals surface area contributed by atoms with Crippen LogP contribution in [-0.4, -0.2) is 32.7 Å². The zero-order valence-electron chi connectivity index (χ0n) is 11.2. The second-order valence-electron chi connectivity index (χ2n) is 4.50. The maximum absolute atomic E-state index is 13.0. The summed E-state index contributed by atoms with van der Waals surface area (Å²) >= 11 is 12.2. The van der Waals surface area contributed by atoms with Crippen molar-refractivity contribution in [2.75, 3.05) is 6.54 Å². The van der Waals surface area contributed by atoms with Gasteiger partial charge in [-0.1, -0.05) is 41.6 Å². The van der Waals surface area contributed by atoms with Crippen LogP contribution in [0.25, 0.3) is 6.08 Å². The molecular weight excluding hydrogens is 349 g/mol. The fourth-order valence-corrected chi connectivity index (χ4v) is 3.36. The van der Waals surface area contributed by atoms with Crippen molar-refractivity contribution in [2.24, 2.45) is 0 Å². The van der Waals surface area contributed by atoms with E-state index < -0.39 is 11.8 Å². The van der Waals surface area contributed by atoms with E-state index in [-0.39, 0.29) is 23.9 Å². The van der Waals surface area contributed by atoms with Gasteiger partial charge in [-0.25, -0.2) is 4.39 Å². The van der Waals surface area contributed by atoms with Gasteiger partial charge in [-0.15, -0.1) is 0 Å². The van der Waals surface area contributed by atoms with Crippen molar-refractivity contribution >= 4 is 57.9 Å². The van der Waals surface area contributed by atoms with Gasteiger partial charge in [0.05, 0.1) is 9.93 Å². The van der Waals surface area contributed by atoms with E-state index in [9.17, 15) is 14.0 Å². The molecule has 0 aromatic heterocycles. The molecule has 1 heterocycles. The van der Waals surface area contributed by atoms with Crippen molar-refractivity contribution in [3.63, 3.8) is 0 Å². The Hall–Kier alpha value is -1.44. The van der Waals surface area contributed by atoms with E-state index >= 15 is 0 Å². The number of thioether (sulfide) groups is 1. The van der Waals surface area contributed by atoms with Crippen LogP contribution in [0, 0.1) is 5.82 Å². The predicted molar refractivity (Wildman–Crippen MR) is 88.2 cm³/mol. The molecule has 1 fully saturated rings. The first kappa shape index (κ1) is 16.9. The second-order valence-corrected chi connectivity index (χ2v) is 6.58. The highest BCUT2D eigenvalue weighted by atomic mass is 35.5. The molecule has 0 bridgehead atoms. The second kappa shape index (κ2) is 7.21. The first-order chi connectivity index (χ1) is 10.4. The summed E-state index contributed by atoms with van der Waals surface area (Å²) in [5, 5.41) is 8.83. The van der Waals surface area contributed by atoms with Gasteiger partial charge < -0.3 is 5.11 Å². The number of benzene rings is 1.